The van der Waals surface area contributed by atoms with Gasteiger partial charge in [-0.25, -0.2) is 16.8 Å². The normalized spacial score (nSPS) is 16.9. The van der Waals surface area contributed by atoms with E-state index in [-0.39, 0.29) is 29.4 Å². The maximum Gasteiger partial charge on any atom is 0.321 e. The second-order valence-corrected chi connectivity index (χ2v) is 14.4. The van der Waals surface area contributed by atoms with Crippen LogP contribution in [-0.2, 0) is 29.6 Å². The molecule has 3 rings (SSSR count). The van der Waals surface area contributed by atoms with Gasteiger partial charge in [0.2, 0.25) is 20.0 Å². The maximum atomic E-state index is 13.5. The topological polar surface area (TPSA) is 101 Å². The van der Waals surface area contributed by atoms with Gasteiger partial charge in [0.25, 0.3) is 0 Å². The Labute approximate surface area is 251 Å². The first-order valence-electron chi connectivity index (χ1n) is 14.5. The smallest absolute Gasteiger partial charge is 0.321 e. The summed E-state index contributed by atoms with van der Waals surface area (Å²) in [5.41, 5.74) is 2.55. The lowest BCUT2D eigenvalue weighted by Gasteiger charge is -2.21. The van der Waals surface area contributed by atoms with Gasteiger partial charge < -0.3 is 4.74 Å². The van der Waals surface area contributed by atoms with Crippen molar-refractivity contribution >= 4 is 26.0 Å². The molecule has 1 heterocycles. The van der Waals surface area contributed by atoms with E-state index in [1.165, 1.54) is 16.4 Å². The quantitative estimate of drug-likeness (QED) is 0.133. The highest BCUT2D eigenvalue weighted by molar-refractivity contribution is 7.89. The van der Waals surface area contributed by atoms with Crippen LogP contribution >= 0.6 is 0 Å². The third-order valence-electron chi connectivity index (χ3n) is 7.04. The van der Waals surface area contributed by atoms with Crippen molar-refractivity contribution in [2.75, 3.05) is 26.2 Å². The minimum atomic E-state index is -4.03. The van der Waals surface area contributed by atoms with Crippen LogP contribution in [0.2, 0.25) is 0 Å². The van der Waals surface area contributed by atoms with Gasteiger partial charge in [-0.05, 0) is 56.5 Å². The minimum absolute atomic E-state index is 0.0402. The van der Waals surface area contributed by atoms with Gasteiger partial charge >= 0.3 is 5.97 Å². The lowest BCUT2D eigenvalue weighted by Crippen LogP contribution is -2.38. The van der Waals surface area contributed by atoms with E-state index in [0.717, 1.165) is 47.5 Å². The number of hydrogen-bond donors (Lipinski definition) is 0. The average Bonchev–Trinajstić information content (AvgIpc) is 3.36. The van der Waals surface area contributed by atoms with Crippen molar-refractivity contribution in [1.29, 1.82) is 0 Å². The largest absolute Gasteiger partial charge is 0.455 e. The standard InChI is InChI=1S/C32H42N2O6S2/c1-5-7-9-10-12-22-33(41(36,37)29-18-14-26(3)15-19-29)25-32(35)40-31-24-34(23-28(31)13-11-8-6-2)42(38,39)30-20-16-27(4)17-21-30/h13-21,31H,5-9,11,22-25H2,1-4H3/b28-13+. The molecule has 0 saturated carbocycles. The summed E-state index contributed by atoms with van der Waals surface area (Å²) in [6.45, 7) is 7.22. The molecule has 1 aliphatic rings. The fourth-order valence-corrected chi connectivity index (χ4v) is 7.15. The summed E-state index contributed by atoms with van der Waals surface area (Å²) in [6, 6.07) is 13.0. The summed E-state index contributed by atoms with van der Waals surface area (Å²) in [4.78, 5) is 13.5. The van der Waals surface area contributed by atoms with Crippen molar-refractivity contribution < 1.29 is 26.4 Å². The van der Waals surface area contributed by atoms with Crippen LogP contribution in [0.25, 0.3) is 0 Å². The van der Waals surface area contributed by atoms with Crippen LogP contribution in [0, 0.1) is 25.7 Å². The van der Waals surface area contributed by atoms with E-state index in [9.17, 15) is 21.6 Å². The molecule has 42 heavy (non-hydrogen) atoms. The van der Waals surface area contributed by atoms with E-state index in [1.807, 2.05) is 26.8 Å². The van der Waals surface area contributed by atoms with Crippen LogP contribution in [-0.4, -0.2) is 63.7 Å². The van der Waals surface area contributed by atoms with Crippen LogP contribution in [0.5, 0.6) is 0 Å². The Bertz CT molecular complexity index is 1500. The minimum Gasteiger partial charge on any atom is -0.455 e. The monoisotopic (exact) mass is 614 g/mol. The van der Waals surface area contributed by atoms with Crippen LogP contribution in [0.3, 0.4) is 0 Å². The molecule has 0 aromatic heterocycles. The van der Waals surface area contributed by atoms with Crippen LogP contribution in [0.1, 0.15) is 63.5 Å². The van der Waals surface area contributed by atoms with E-state index in [4.69, 9.17) is 4.74 Å². The summed E-state index contributed by atoms with van der Waals surface area (Å²) in [5, 5.41) is 0. The Balaban J connectivity index is 1.82. The van der Waals surface area contributed by atoms with Gasteiger partial charge in [0.15, 0.2) is 0 Å². The van der Waals surface area contributed by atoms with Crippen molar-refractivity contribution in [3.63, 3.8) is 0 Å². The molecule has 1 aliphatic heterocycles. The average molecular weight is 615 g/mol. The summed E-state index contributed by atoms with van der Waals surface area (Å²) >= 11 is 0. The van der Waals surface area contributed by atoms with Gasteiger partial charge in [-0.15, -0.1) is 5.92 Å². The number of ether oxygens (including phenoxy) is 1. The van der Waals surface area contributed by atoms with Crippen molar-refractivity contribution in [2.45, 2.75) is 82.1 Å². The lowest BCUT2D eigenvalue weighted by atomic mass is 10.1. The Hall–Kier alpha value is -2.97. The van der Waals surface area contributed by atoms with E-state index < -0.39 is 38.7 Å². The number of unbranched alkanes of at least 4 members (excludes halogenated alkanes) is 4. The number of aryl methyl sites for hydroxylation is 2. The molecular formula is C32H42N2O6S2. The van der Waals surface area contributed by atoms with Gasteiger partial charge in [0.05, 0.1) is 22.9 Å². The fourth-order valence-electron chi connectivity index (χ4n) is 4.44. The highest BCUT2D eigenvalue weighted by Gasteiger charge is 2.38. The van der Waals surface area contributed by atoms with E-state index >= 15 is 0 Å². The molecule has 8 nitrogen and oxygen atoms in total. The molecule has 0 radical (unpaired) electrons. The number of benzene rings is 2. The second kappa shape index (κ2) is 15.5. The number of rotatable bonds is 13. The Morgan fingerprint density at radius 1 is 0.929 bits per heavy atom. The number of esters is 1. The van der Waals surface area contributed by atoms with Crippen LogP contribution in [0.15, 0.2) is 70.0 Å². The molecule has 10 heteroatoms. The van der Waals surface area contributed by atoms with Gasteiger partial charge in [-0.2, -0.15) is 8.61 Å². The molecule has 0 bridgehead atoms. The predicted molar refractivity (Wildman–Crippen MR) is 165 cm³/mol. The van der Waals surface area contributed by atoms with Gasteiger partial charge in [0, 0.05) is 13.0 Å². The van der Waals surface area contributed by atoms with Crippen molar-refractivity contribution in [3.05, 3.63) is 71.3 Å². The van der Waals surface area contributed by atoms with E-state index in [2.05, 4.69) is 18.8 Å². The van der Waals surface area contributed by atoms with Crippen molar-refractivity contribution in [3.8, 4) is 11.8 Å². The predicted octanol–water partition coefficient (Wildman–Crippen LogP) is 5.22. The second-order valence-electron chi connectivity index (χ2n) is 10.6. The molecule has 0 N–H and O–H groups in total. The first-order chi connectivity index (χ1) is 20.0. The van der Waals surface area contributed by atoms with Crippen molar-refractivity contribution in [1.82, 2.24) is 8.61 Å². The number of carbonyl (C=O) groups is 1. The zero-order valence-corrected chi connectivity index (χ0v) is 26.6. The molecule has 1 fully saturated rings. The Kier molecular flexibility index (Phi) is 12.4. The number of nitrogens with zero attached hydrogens (tertiary/aromatic N) is 2. The fraction of sp³-hybridized carbons (Fsp3) is 0.469. The zero-order chi connectivity index (χ0) is 30.8. The lowest BCUT2D eigenvalue weighted by molar-refractivity contribution is -0.146. The van der Waals surface area contributed by atoms with E-state index in [0.29, 0.717) is 12.0 Å². The SMILES string of the molecule is CCCCC#CCN(CC(=O)OC1CN(S(=O)(=O)c2ccc(C)cc2)C/C1=C\CCCC)S(=O)(=O)c1ccc(C)cc1. The number of sulfonamides is 2. The number of carbonyl (C=O) groups excluding carboxylic acids is 1. The summed E-state index contributed by atoms with van der Waals surface area (Å²) in [6.07, 6.45) is 6.23. The maximum absolute atomic E-state index is 13.5. The molecule has 0 amide bonds. The third-order valence-corrected chi connectivity index (χ3v) is 10.7. The van der Waals surface area contributed by atoms with Crippen LogP contribution < -0.4 is 0 Å². The Morgan fingerprint density at radius 2 is 1.52 bits per heavy atom. The highest BCUT2D eigenvalue weighted by atomic mass is 32.2. The molecule has 1 atom stereocenters. The van der Waals surface area contributed by atoms with Crippen LogP contribution in [0.4, 0.5) is 0 Å². The first kappa shape index (κ1) is 33.5. The zero-order valence-electron chi connectivity index (χ0n) is 25.0. The molecular weight excluding hydrogens is 572 g/mol. The summed E-state index contributed by atoms with van der Waals surface area (Å²) < 4.78 is 61.9. The van der Waals surface area contributed by atoms with Gasteiger partial charge in [0.1, 0.15) is 12.6 Å². The molecule has 0 spiro atoms. The number of hydrogen-bond acceptors (Lipinski definition) is 6. The summed E-state index contributed by atoms with van der Waals surface area (Å²) in [7, 11) is -7.85. The van der Waals surface area contributed by atoms with Gasteiger partial charge in [-0.1, -0.05) is 80.5 Å². The molecule has 1 unspecified atom stereocenters. The summed E-state index contributed by atoms with van der Waals surface area (Å²) in [5.74, 6) is 5.11. The first-order valence-corrected chi connectivity index (χ1v) is 17.3. The highest BCUT2D eigenvalue weighted by Crippen LogP contribution is 2.27. The molecule has 1 saturated heterocycles. The molecule has 228 valence electrons. The third kappa shape index (κ3) is 9.01. The number of allylic oxidation sites excluding steroid dienone is 1. The molecule has 2 aromatic rings. The van der Waals surface area contributed by atoms with Crippen molar-refractivity contribution in [2.24, 2.45) is 0 Å². The Morgan fingerprint density at radius 3 is 2.12 bits per heavy atom. The van der Waals surface area contributed by atoms with E-state index in [1.54, 1.807) is 36.4 Å². The molecule has 0 aliphatic carbocycles. The molecule has 2 aromatic carbocycles. The van der Waals surface area contributed by atoms with Gasteiger partial charge in [-0.3, -0.25) is 4.79 Å².